The van der Waals surface area contributed by atoms with Crippen molar-refractivity contribution < 1.29 is 19.0 Å². The average Bonchev–Trinajstić information content (AvgIpc) is 3.30. The lowest BCUT2D eigenvalue weighted by molar-refractivity contribution is -0.138. The summed E-state index contributed by atoms with van der Waals surface area (Å²) in [6.45, 7) is 5.99. The predicted molar refractivity (Wildman–Crippen MR) is 164 cm³/mol. The summed E-state index contributed by atoms with van der Waals surface area (Å²) in [4.78, 5) is 33.0. The highest BCUT2D eigenvalue weighted by molar-refractivity contribution is 9.10. The third kappa shape index (κ3) is 5.82. The minimum atomic E-state index is -0.779. The van der Waals surface area contributed by atoms with Crippen LogP contribution in [0.15, 0.2) is 105 Å². The Kier molecular flexibility index (Phi) is 8.66. The second kappa shape index (κ2) is 12.5. The molecule has 0 unspecified atom stereocenters. The number of carbonyl (C=O) groups is 1. The molecule has 0 spiro atoms. The molecule has 1 aliphatic heterocycles. The lowest BCUT2D eigenvalue weighted by Gasteiger charge is -2.26. The van der Waals surface area contributed by atoms with E-state index in [9.17, 15) is 9.59 Å². The summed E-state index contributed by atoms with van der Waals surface area (Å²) in [5.41, 5.74) is 2.75. The third-order valence-electron chi connectivity index (χ3n) is 6.39. The van der Waals surface area contributed by atoms with E-state index < -0.39 is 12.0 Å². The molecule has 41 heavy (non-hydrogen) atoms. The number of halogens is 1. The molecule has 0 saturated carbocycles. The summed E-state index contributed by atoms with van der Waals surface area (Å²) < 4.78 is 19.5. The van der Waals surface area contributed by atoms with Gasteiger partial charge in [0.1, 0.15) is 18.1 Å². The molecule has 5 rings (SSSR count). The van der Waals surface area contributed by atoms with Gasteiger partial charge >= 0.3 is 5.97 Å². The van der Waals surface area contributed by atoms with Crippen LogP contribution >= 0.6 is 27.3 Å². The summed E-state index contributed by atoms with van der Waals surface area (Å²) in [5.74, 6) is 0.749. The monoisotopic (exact) mass is 630 g/mol. The van der Waals surface area contributed by atoms with Gasteiger partial charge in [-0.15, -0.1) is 0 Å². The Hall–Kier alpha value is -4.21. The van der Waals surface area contributed by atoms with Gasteiger partial charge in [-0.25, -0.2) is 9.79 Å². The molecule has 0 saturated heterocycles. The highest BCUT2D eigenvalue weighted by Gasteiger charge is 2.35. The number of aromatic nitrogens is 1. The quantitative estimate of drug-likeness (QED) is 0.186. The lowest BCUT2D eigenvalue weighted by atomic mass is 9.93. The number of esters is 1. The van der Waals surface area contributed by atoms with Gasteiger partial charge in [-0.3, -0.25) is 9.36 Å². The van der Waals surface area contributed by atoms with Gasteiger partial charge in [0.25, 0.3) is 5.56 Å². The summed E-state index contributed by atoms with van der Waals surface area (Å²) in [7, 11) is 1.58. The molecular formula is C32H27BrN2O5S. The van der Waals surface area contributed by atoms with Gasteiger partial charge in [0.05, 0.1) is 40.0 Å². The van der Waals surface area contributed by atoms with Gasteiger partial charge in [-0.05, 0) is 64.3 Å². The standard InChI is InChI=1S/C32H27BrN2O5S/c1-4-16-40-25-15-14-20(17-24(25)33)18-26-30(36)35-29(22-12-9-13-23(19-22)38-3)27(31(37)39-5-2)28(34-32(35)41-26)21-10-7-6-8-11-21/h4,6-15,17-19,29H,1,5,16H2,2-3H3/b26-18-/t29-/m1/s1. The fourth-order valence-electron chi connectivity index (χ4n) is 4.59. The van der Waals surface area contributed by atoms with E-state index >= 15 is 0 Å². The lowest BCUT2D eigenvalue weighted by Crippen LogP contribution is -2.40. The summed E-state index contributed by atoms with van der Waals surface area (Å²) in [6, 6.07) is 21.6. The number of nitrogens with zero attached hydrogens (tertiary/aromatic N) is 2. The first kappa shape index (κ1) is 28.3. The molecular weight excluding hydrogens is 604 g/mol. The van der Waals surface area contributed by atoms with E-state index in [1.165, 1.54) is 11.3 Å². The van der Waals surface area contributed by atoms with Crippen molar-refractivity contribution in [2.75, 3.05) is 20.3 Å². The molecule has 208 valence electrons. The molecule has 0 fully saturated rings. The van der Waals surface area contributed by atoms with Crippen molar-refractivity contribution in [3.8, 4) is 11.5 Å². The van der Waals surface area contributed by atoms with Gasteiger partial charge in [0.15, 0.2) is 4.80 Å². The fraction of sp³-hybridized carbons (Fsp3) is 0.156. The Morgan fingerprint density at radius 1 is 1.12 bits per heavy atom. The maximum atomic E-state index is 14.0. The first-order valence-corrected chi connectivity index (χ1v) is 14.5. The van der Waals surface area contributed by atoms with Gasteiger partial charge in [-0.2, -0.15) is 0 Å². The van der Waals surface area contributed by atoms with Crippen molar-refractivity contribution in [3.63, 3.8) is 0 Å². The molecule has 0 amide bonds. The number of ether oxygens (including phenoxy) is 3. The summed E-state index contributed by atoms with van der Waals surface area (Å²) >= 11 is 4.81. The Bertz CT molecular complexity index is 1820. The van der Waals surface area contributed by atoms with Gasteiger partial charge in [0, 0.05) is 5.56 Å². The van der Waals surface area contributed by atoms with Crippen molar-refractivity contribution >= 4 is 45.0 Å². The molecule has 0 N–H and O–H groups in total. The van der Waals surface area contributed by atoms with Gasteiger partial charge in [0.2, 0.25) is 0 Å². The fourth-order valence-corrected chi connectivity index (χ4v) is 6.10. The van der Waals surface area contributed by atoms with E-state index in [-0.39, 0.29) is 17.7 Å². The molecule has 1 atom stereocenters. The van der Waals surface area contributed by atoms with Crippen molar-refractivity contribution in [1.29, 1.82) is 0 Å². The number of thiazole rings is 1. The highest BCUT2D eigenvalue weighted by Crippen LogP contribution is 2.36. The zero-order chi connectivity index (χ0) is 28.9. The molecule has 0 aliphatic carbocycles. The van der Waals surface area contributed by atoms with Crippen molar-refractivity contribution in [3.05, 3.63) is 132 Å². The number of methoxy groups -OCH3 is 1. The molecule has 0 bridgehead atoms. The maximum Gasteiger partial charge on any atom is 0.338 e. The van der Waals surface area contributed by atoms with Crippen LogP contribution in [0.3, 0.4) is 0 Å². The van der Waals surface area contributed by atoms with E-state index in [1.807, 2.05) is 78.9 Å². The van der Waals surface area contributed by atoms with Crippen LogP contribution in [0.2, 0.25) is 0 Å². The molecule has 2 heterocycles. The zero-order valence-electron chi connectivity index (χ0n) is 22.5. The molecule has 1 aromatic heterocycles. The number of fused-ring (bicyclic) bond motifs is 1. The molecule has 9 heteroatoms. The van der Waals surface area contributed by atoms with Crippen LogP contribution in [0, 0.1) is 0 Å². The van der Waals surface area contributed by atoms with Crippen LogP contribution in [-0.2, 0) is 9.53 Å². The molecule has 0 radical (unpaired) electrons. The van der Waals surface area contributed by atoms with Crippen LogP contribution in [0.25, 0.3) is 11.8 Å². The van der Waals surface area contributed by atoms with Crippen LogP contribution < -0.4 is 24.4 Å². The predicted octanol–water partition coefficient (Wildman–Crippen LogP) is 5.27. The van der Waals surface area contributed by atoms with E-state index in [0.29, 0.717) is 38.7 Å². The van der Waals surface area contributed by atoms with Crippen molar-refractivity contribution in [1.82, 2.24) is 4.57 Å². The number of hydrogen-bond acceptors (Lipinski definition) is 7. The van der Waals surface area contributed by atoms with E-state index in [0.717, 1.165) is 15.6 Å². The maximum absolute atomic E-state index is 14.0. The smallest absolute Gasteiger partial charge is 0.338 e. The Morgan fingerprint density at radius 3 is 2.63 bits per heavy atom. The molecule has 7 nitrogen and oxygen atoms in total. The van der Waals surface area contributed by atoms with Gasteiger partial charge < -0.3 is 14.2 Å². The van der Waals surface area contributed by atoms with Crippen LogP contribution in [0.5, 0.6) is 11.5 Å². The number of hydrogen-bond donors (Lipinski definition) is 0. The summed E-state index contributed by atoms with van der Waals surface area (Å²) in [5, 5.41) is 0. The minimum Gasteiger partial charge on any atom is -0.497 e. The van der Waals surface area contributed by atoms with E-state index in [4.69, 9.17) is 19.2 Å². The molecule has 3 aromatic carbocycles. The SMILES string of the molecule is C=CCOc1ccc(/C=c2\sc3n(c2=O)[C@H](c2cccc(OC)c2)C(C(=O)OCC)=C(c2ccccc2)N=3)cc1Br. The third-order valence-corrected chi connectivity index (χ3v) is 8.00. The number of benzene rings is 3. The first-order valence-electron chi connectivity index (χ1n) is 12.9. The normalized spacial score (nSPS) is 14.7. The van der Waals surface area contributed by atoms with Crippen molar-refractivity contribution in [2.24, 2.45) is 4.99 Å². The topological polar surface area (TPSA) is 79.1 Å². The van der Waals surface area contributed by atoms with Crippen molar-refractivity contribution in [2.45, 2.75) is 13.0 Å². The molecule has 4 aromatic rings. The van der Waals surface area contributed by atoms with Crippen LogP contribution in [-0.4, -0.2) is 30.9 Å². The van der Waals surface area contributed by atoms with E-state index in [1.54, 1.807) is 24.7 Å². The largest absolute Gasteiger partial charge is 0.497 e. The zero-order valence-corrected chi connectivity index (χ0v) is 24.9. The van der Waals surface area contributed by atoms with Gasteiger partial charge in [-0.1, -0.05) is 72.5 Å². The second-order valence-electron chi connectivity index (χ2n) is 9.00. The Morgan fingerprint density at radius 2 is 1.93 bits per heavy atom. The number of carbonyl (C=O) groups excluding carboxylic acids is 1. The van der Waals surface area contributed by atoms with E-state index in [2.05, 4.69) is 22.5 Å². The highest BCUT2D eigenvalue weighted by atomic mass is 79.9. The minimum absolute atomic E-state index is 0.182. The second-order valence-corrected chi connectivity index (χ2v) is 10.9. The van der Waals surface area contributed by atoms with Crippen LogP contribution in [0.1, 0.15) is 29.7 Å². The molecule has 1 aliphatic rings. The average molecular weight is 632 g/mol. The van der Waals surface area contributed by atoms with Crippen LogP contribution in [0.4, 0.5) is 0 Å². The number of rotatable bonds is 9. The first-order chi connectivity index (χ1) is 19.9. The Balaban J connectivity index is 1.76. The Labute approximate surface area is 249 Å². The summed E-state index contributed by atoms with van der Waals surface area (Å²) in [6.07, 6.45) is 3.48.